The molecule has 0 bridgehead atoms. The molecule has 0 nitrogen and oxygen atoms in total. The quantitative estimate of drug-likeness (QED) is 0.568. The minimum absolute atomic E-state index is 0.526. The topological polar surface area (TPSA) is 0 Å². The molecule has 0 aliphatic carbocycles. The largest absolute Gasteiger partial charge is 0.134 e. The van der Waals surface area contributed by atoms with Crippen LogP contribution in [0.2, 0.25) is 0 Å². The van der Waals surface area contributed by atoms with E-state index in [9.17, 15) is 0 Å². The van der Waals surface area contributed by atoms with Gasteiger partial charge in [-0.2, -0.15) is 0 Å². The zero-order valence-electron chi connectivity index (χ0n) is 8.48. The Morgan fingerprint density at radius 2 is 1.82 bits per heavy atom. The van der Waals surface area contributed by atoms with Crippen molar-refractivity contribution >= 4 is 9.24 Å². The molecule has 1 heteroatoms. The lowest BCUT2D eigenvalue weighted by Gasteiger charge is -2.18. The smallest absolute Gasteiger partial charge is 0.0267 e. The SMILES string of the molecule is CCC(P)CCCC(C)(C)C. The fourth-order valence-electron chi connectivity index (χ4n) is 1.10. The van der Waals surface area contributed by atoms with E-state index < -0.39 is 0 Å². The summed E-state index contributed by atoms with van der Waals surface area (Å²) < 4.78 is 0. The van der Waals surface area contributed by atoms with Crippen molar-refractivity contribution in [1.82, 2.24) is 0 Å². The maximum atomic E-state index is 2.93. The zero-order chi connectivity index (χ0) is 8.91. The summed E-state index contributed by atoms with van der Waals surface area (Å²) in [4.78, 5) is 0. The first kappa shape index (κ1) is 11.4. The molecule has 2 unspecified atom stereocenters. The second-order valence-electron chi connectivity index (χ2n) is 4.62. The van der Waals surface area contributed by atoms with Gasteiger partial charge in [-0.15, -0.1) is 9.24 Å². The molecule has 0 saturated carbocycles. The number of hydrogen-bond donors (Lipinski definition) is 0. The van der Waals surface area contributed by atoms with Gasteiger partial charge in [0.25, 0.3) is 0 Å². The molecule has 0 aromatic heterocycles. The molecule has 0 radical (unpaired) electrons. The lowest BCUT2D eigenvalue weighted by Crippen LogP contribution is -2.06. The Balaban J connectivity index is 3.28. The molecule has 0 saturated heterocycles. The van der Waals surface area contributed by atoms with E-state index in [0.29, 0.717) is 5.41 Å². The molecule has 2 atom stereocenters. The van der Waals surface area contributed by atoms with Gasteiger partial charge in [0.15, 0.2) is 0 Å². The lowest BCUT2D eigenvalue weighted by atomic mass is 9.89. The highest BCUT2D eigenvalue weighted by atomic mass is 31.0. The van der Waals surface area contributed by atoms with E-state index in [0.717, 1.165) is 5.66 Å². The summed E-state index contributed by atoms with van der Waals surface area (Å²) in [6.45, 7) is 9.21. The summed E-state index contributed by atoms with van der Waals surface area (Å²) in [6, 6.07) is 0. The minimum atomic E-state index is 0.526. The zero-order valence-corrected chi connectivity index (χ0v) is 9.64. The highest BCUT2D eigenvalue weighted by Gasteiger charge is 2.09. The third kappa shape index (κ3) is 8.34. The Labute approximate surface area is 74.4 Å². The predicted octanol–water partition coefficient (Wildman–Crippen LogP) is 3.86. The van der Waals surface area contributed by atoms with Gasteiger partial charge in [0.05, 0.1) is 0 Å². The number of rotatable bonds is 4. The molecule has 11 heavy (non-hydrogen) atoms. The van der Waals surface area contributed by atoms with Gasteiger partial charge in [-0.1, -0.05) is 34.1 Å². The highest BCUT2D eigenvalue weighted by molar-refractivity contribution is 7.17. The Morgan fingerprint density at radius 3 is 2.18 bits per heavy atom. The second-order valence-corrected chi connectivity index (χ2v) is 5.56. The molecule has 0 aliphatic rings. The van der Waals surface area contributed by atoms with Crippen LogP contribution in [0.1, 0.15) is 53.4 Å². The van der Waals surface area contributed by atoms with Crippen molar-refractivity contribution in [3.8, 4) is 0 Å². The van der Waals surface area contributed by atoms with Crippen molar-refractivity contribution in [3.63, 3.8) is 0 Å². The van der Waals surface area contributed by atoms with Crippen LogP contribution in [0, 0.1) is 5.41 Å². The van der Waals surface area contributed by atoms with Gasteiger partial charge in [0.1, 0.15) is 0 Å². The van der Waals surface area contributed by atoms with Gasteiger partial charge in [-0.05, 0) is 30.3 Å². The third-order valence-corrected chi connectivity index (χ3v) is 2.83. The Bertz CT molecular complexity index is 91.5. The van der Waals surface area contributed by atoms with E-state index >= 15 is 0 Å². The van der Waals surface area contributed by atoms with Crippen molar-refractivity contribution in [3.05, 3.63) is 0 Å². The van der Waals surface area contributed by atoms with E-state index in [1.165, 1.54) is 25.7 Å². The van der Waals surface area contributed by atoms with Gasteiger partial charge in [0, 0.05) is 0 Å². The Morgan fingerprint density at radius 1 is 1.27 bits per heavy atom. The highest BCUT2D eigenvalue weighted by Crippen LogP contribution is 2.24. The minimum Gasteiger partial charge on any atom is -0.134 e. The van der Waals surface area contributed by atoms with Crippen molar-refractivity contribution in [2.24, 2.45) is 5.41 Å². The lowest BCUT2D eigenvalue weighted by molar-refractivity contribution is 0.359. The molecule has 0 rings (SSSR count). The molecule has 0 amide bonds. The van der Waals surface area contributed by atoms with Gasteiger partial charge in [-0.25, -0.2) is 0 Å². The van der Waals surface area contributed by atoms with Crippen LogP contribution in [0.3, 0.4) is 0 Å². The molecule has 0 N–H and O–H groups in total. The maximum Gasteiger partial charge on any atom is -0.0267 e. The molecular weight excluding hydrogens is 151 g/mol. The fraction of sp³-hybridized carbons (Fsp3) is 1.00. The van der Waals surface area contributed by atoms with Crippen LogP contribution in [0.4, 0.5) is 0 Å². The summed E-state index contributed by atoms with van der Waals surface area (Å²) in [5.74, 6) is 0. The average molecular weight is 174 g/mol. The van der Waals surface area contributed by atoms with Crippen LogP contribution < -0.4 is 0 Å². The van der Waals surface area contributed by atoms with Crippen molar-refractivity contribution in [2.75, 3.05) is 0 Å². The summed E-state index contributed by atoms with van der Waals surface area (Å²) in [5, 5.41) is 0. The third-order valence-electron chi connectivity index (χ3n) is 2.03. The summed E-state index contributed by atoms with van der Waals surface area (Å²) in [5.41, 5.74) is 1.37. The van der Waals surface area contributed by atoms with Crippen LogP contribution in [-0.4, -0.2) is 5.66 Å². The van der Waals surface area contributed by atoms with Crippen LogP contribution >= 0.6 is 9.24 Å². The molecule has 68 valence electrons. The van der Waals surface area contributed by atoms with E-state index in [2.05, 4.69) is 36.9 Å². The fourth-order valence-corrected chi connectivity index (χ4v) is 1.33. The predicted molar refractivity (Wildman–Crippen MR) is 57.1 cm³/mol. The van der Waals surface area contributed by atoms with Crippen molar-refractivity contribution < 1.29 is 0 Å². The first-order chi connectivity index (χ1) is 4.95. The van der Waals surface area contributed by atoms with Gasteiger partial charge in [0.2, 0.25) is 0 Å². The normalized spacial score (nSPS) is 15.0. The van der Waals surface area contributed by atoms with E-state index in [-0.39, 0.29) is 0 Å². The Hall–Kier alpha value is 0.430. The van der Waals surface area contributed by atoms with E-state index in [4.69, 9.17) is 0 Å². The summed E-state index contributed by atoms with van der Waals surface area (Å²) >= 11 is 0. The first-order valence-electron chi connectivity index (χ1n) is 4.71. The van der Waals surface area contributed by atoms with Crippen molar-refractivity contribution in [2.45, 2.75) is 59.0 Å². The summed E-state index contributed by atoms with van der Waals surface area (Å²) in [6.07, 6.45) is 5.41. The molecule has 0 aromatic carbocycles. The molecular formula is C10H23P. The molecule has 0 aromatic rings. The van der Waals surface area contributed by atoms with Crippen LogP contribution in [0.15, 0.2) is 0 Å². The summed E-state index contributed by atoms with van der Waals surface area (Å²) in [7, 11) is 2.93. The van der Waals surface area contributed by atoms with Gasteiger partial charge < -0.3 is 0 Å². The molecule has 0 spiro atoms. The van der Waals surface area contributed by atoms with E-state index in [1.807, 2.05) is 0 Å². The molecule has 0 heterocycles. The monoisotopic (exact) mass is 174 g/mol. The number of hydrogen-bond acceptors (Lipinski definition) is 0. The first-order valence-corrected chi connectivity index (χ1v) is 5.38. The van der Waals surface area contributed by atoms with Crippen LogP contribution in [0.25, 0.3) is 0 Å². The van der Waals surface area contributed by atoms with Gasteiger partial charge in [-0.3, -0.25) is 0 Å². The van der Waals surface area contributed by atoms with Gasteiger partial charge >= 0.3 is 0 Å². The Kier molecular flexibility index (Phi) is 5.34. The standard InChI is InChI=1S/C10H23P/c1-5-9(11)7-6-8-10(2,3)4/h9H,5-8,11H2,1-4H3. The van der Waals surface area contributed by atoms with Crippen LogP contribution in [0.5, 0.6) is 0 Å². The van der Waals surface area contributed by atoms with Crippen molar-refractivity contribution in [1.29, 1.82) is 0 Å². The average Bonchev–Trinajstić information content (AvgIpc) is 1.85. The molecule has 0 fully saturated rings. The molecule has 0 aliphatic heterocycles. The van der Waals surface area contributed by atoms with E-state index in [1.54, 1.807) is 0 Å². The maximum absolute atomic E-state index is 2.93. The van der Waals surface area contributed by atoms with Crippen LogP contribution in [-0.2, 0) is 0 Å². The second kappa shape index (κ2) is 5.14.